The van der Waals surface area contributed by atoms with E-state index in [0.717, 1.165) is 10.2 Å². The van der Waals surface area contributed by atoms with Gasteiger partial charge in [0.1, 0.15) is 0 Å². The molecule has 0 spiro atoms. The summed E-state index contributed by atoms with van der Waals surface area (Å²) in [5.74, 6) is 0. The van der Waals surface area contributed by atoms with Crippen molar-refractivity contribution in [2.75, 3.05) is 22.7 Å². The first-order chi connectivity index (χ1) is 4.41. The molecule has 56 valence electrons. The van der Waals surface area contributed by atoms with Crippen LogP contribution in [0, 0.1) is 0 Å². The largest absolute Gasteiger partial charge is 0.246 e. The third-order valence-corrected chi connectivity index (χ3v) is 3.85. The molecule has 0 rings (SSSR count). The van der Waals surface area contributed by atoms with Crippen molar-refractivity contribution in [3.63, 3.8) is 0 Å². The van der Waals surface area contributed by atoms with Crippen LogP contribution in [0.25, 0.3) is 0 Å². The molecular weight excluding hydrogens is 192 g/mol. The van der Waals surface area contributed by atoms with Gasteiger partial charge >= 0.3 is 0 Å². The van der Waals surface area contributed by atoms with Gasteiger partial charge in [-0.05, 0) is 12.5 Å². The first kappa shape index (κ1) is 10.4. The highest BCUT2D eigenvalue weighted by Crippen LogP contribution is 2.20. The van der Waals surface area contributed by atoms with Crippen molar-refractivity contribution in [1.82, 2.24) is 0 Å². The van der Waals surface area contributed by atoms with Crippen molar-refractivity contribution in [2.45, 2.75) is 0 Å². The summed E-state index contributed by atoms with van der Waals surface area (Å²) in [7, 11) is 0. The highest BCUT2D eigenvalue weighted by Gasteiger charge is 1.87. The topological polar surface area (TPSA) is 9.23 Å². The van der Waals surface area contributed by atoms with Crippen LogP contribution in [0.1, 0.15) is 0 Å². The maximum atomic E-state index is 5.11. The molecule has 0 saturated heterocycles. The smallest absolute Gasteiger partial charge is 0.0665 e. The van der Waals surface area contributed by atoms with Gasteiger partial charge in [-0.1, -0.05) is 0 Å². The number of rotatable bonds is 6. The molecule has 0 aliphatic rings. The second-order valence-electron chi connectivity index (χ2n) is 1.12. The van der Waals surface area contributed by atoms with Gasteiger partial charge in [-0.2, -0.15) is 23.5 Å². The summed E-state index contributed by atoms with van der Waals surface area (Å²) >= 11 is 6.57. The van der Waals surface area contributed by atoms with Gasteiger partial charge in [-0.25, -0.2) is 3.63 Å². The molecule has 9 heavy (non-hydrogen) atoms. The fourth-order valence-electron chi connectivity index (χ4n) is 0.170. The fraction of sp³-hybridized carbons (Fsp3) is 1.00. The molecule has 0 aromatic rings. The number of thioether (sulfide) groups is 2. The summed E-state index contributed by atoms with van der Waals surface area (Å²) in [6.45, 7) is 0. The van der Waals surface area contributed by atoms with Gasteiger partial charge < -0.3 is 0 Å². The highest BCUT2D eigenvalue weighted by molar-refractivity contribution is 8.20. The molecule has 0 unspecified atom stereocenters. The Labute approximate surface area is 73.9 Å². The van der Waals surface area contributed by atoms with Crippen LogP contribution in [0.4, 0.5) is 0 Å². The van der Waals surface area contributed by atoms with E-state index in [1.165, 1.54) is 24.1 Å². The first-order valence-corrected chi connectivity index (χ1v) is 6.91. The second kappa shape index (κ2) is 9.36. The molecule has 5 heteroatoms. The summed E-state index contributed by atoms with van der Waals surface area (Å²) < 4.78 is 5.11. The monoisotopic (exact) mass is 202 g/mol. The van der Waals surface area contributed by atoms with Crippen molar-refractivity contribution in [3.05, 3.63) is 0 Å². The molecule has 0 aliphatic heterocycles. The Bertz CT molecular complexity index is 45.8. The van der Waals surface area contributed by atoms with Crippen LogP contribution in [0.2, 0.25) is 0 Å². The van der Waals surface area contributed by atoms with Crippen LogP contribution in [0.15, 0.2) is 0 Å². The van der Waals surface area contributed by atoms with Gasteiger partial charge in [0.2, 0.25) is 0 Å². The third kappa shape index (κ3) is 9.36. The van der Waals surface area contributed by atoms with Crippen molar-refractivity contribution in [2.24, 2.45) is 0 Å². The van der Waals surface area contributed by atoms with Crippen molar-refractivity contribution < 1.29 is 3.63 Å². The van der Waals surface area contributed by atoms with Crippen molar-refractivity contribution in [3.8, 4) is 0 Å². The molecule has 0 amide bonds. The van der Waals surface area contributed by atoms with E-state index in [0.29, 0.717) is 0 Å². The van der Waals surface area contributed by atoms with Crippen LogP contribution in [-0.4, -0.2) is 22.7 Å². The van der Waals surface area contributed by atoms with Gasteiger partial charge in [-0.15, -0.1) is 0 Å². The predicted octanol–water partition coefficient (Wildman–Crippen LogP) is 2.94. The maximum Gasteiger partial charge on any atom is 0.0665 e. The van der Waals surface area contributed by atoms with E-state index in [4.69, 9.17) is 3.63 Å². The molecule has 0 N–H and O–H groups in total. The molecule has 0 atom stereocenters. The van der Waals surface area contributed by atoms with E-state index in [1.54, 1.807) is 23.5 Å². The van der Waals surface area contributed by atoms with E-state index in [9.17, 15) is 0 Å². The summed E-state index contributed by atoms with van der Waals surface area (Å²) in [6.07, 6.45) is 4.13. The van der Waals surface area contributed by atoms with Crippen LogP contribution in [0.5, 0.6) is 0 Å². The average Bonchev–Trinajstić information content (AvgIpc) is 1.89. The zero-order chi connectivity index (χ0) is 6.95. The van der Waals surface area contributed by atoms with Gasteiger partial charge in [0, 0.05) is 24.1 Å². The Balaban J connectivity index is 2.60. The summed E-state index contributed by atoms with van der Waals surface area (Å²) in [5, 5.41) is 2.03. The molecule has 0 heterocycles. The lowest BCUT2D eigenvalue weighted by Gasteiger charge is -1.95. The van der Waals surface area contributed by atoms with Crippen LogP contribution in [-0.2, 0) is 3.63 Å². The molecule has 1 nitrogen and oxygen atoms in total. The molecular formula is C4H10OS4. The zero-order valence-corrected chi connectivity index (χ0v) is 8.72. The lowest BCUT2D eigenvalue weighted by atomic mass is 11.9. The van der Waals surface area contributed by atoms with E-state index in [2.05, 4.69) is 12.5 Å². The quantitative estimate of drug-likeness (QED) is 0.371. The molecule has 0 saturated carbocycles. The predicted molar refractivity (Wildman–Crippen MR) is 53.0 cm³/mol. The third-order valence-electron chi connectivity index (χ3n) is 0.428. The van der Waals surface area contributed by atoms with Crippen molar-refractivity contribution >= 4 is 47.6 Å². The molecule has 0 radical (unpaired) electrons. The van der Waals surface area contributed by atoms with Gasteiger partial charge in [-0.3, -0.25) is 0 Å². The molecule has 0 aliphatic carbocycles. The summed E-state index contributed by atoms with van der Waals surface area (Å²) in [4.78, 5) is 0. The Morgan fingerprint density at radius 2 is 1.44 bits per heavy atom. The Kier molecular flexibility index (Phi) is 10.8. The second-order valence-corrected chi connectivity index (χ2v) is 5.17. The Hall–Kier alpha value is 1.36. The zero-order valence-electron chi connectivity index (χ0n) is 5.46. The minimum absolute atomic E-state index is 1.02. The van der Waals surface area contributed by atoms with Gasteiger partial charge in [0.05, 0.1) is 10.2 Å². The van der Waals surface area contributed by atoms with E-state index in [1.807, 2.05) is 0 Å². The standard InChI is InChI=1S/C4H10OS4/c1-6-3-8-5-9-4-7-2/h3-4H2,1-2H3. The Morgan fingerprint density at radius 3 is 1.78 bits per heavy atom. The van der Waals surface area contributed by atoms with Crippen LogP contribution >= 0.6 is 47.6 Å². The van der Waals surface area contributed by atoms with Gasteiger partial charge in [0.15, 0.2) is 0 Å². The number of hydrogen-bond acceptors (Lipinski definition) is 5. The normalized spacial score (nSPS) is 10.0. The molecule has 0 aromatic heterocycles. The van der Waals surface area contributed by atoms with E-state index < -0.39 is 0 Å². The molecule has 0 aromatic carbocycles. The van der Waals surface area contributed by atoms with Gasteiger partial charge in [0.25, 0.3) is 0 Å². The number of hydrogen-bond donors (Lipinski definition) is 0. The fourth-order valence-corrected chi connectivity index (χ4v) is 2.23. The van der Waals surface area contributed by atoms with Crippen molar-refractivity contribution in [1.29, 1.82) is 0 Å². The maximum absolute atomic E-state index is 5.11. The highest BCUT2D eigenvalue weighted by atomic mass is 32.3. The van der Waals surface area contributed by atoms with Crippen LogP contribution < -0.4 is 0 Å². The van der Waals surface area contributed by atoms with E-state index >= 15 is 0 Å². The summed E-state index contributed by atoms with van der Waals surface area (Å²) in [5.41, 5.74) is 0. The minimum Gasteiger partial charge on any atom is -0.246 e. The molecule has 0 bridgehead atoms. The first-order valence-electron chi connectivity index (χ1n) is 2.30. The summed E-state index contributed by atoms with van der Waals surface area (Å²) in [6, 6.07) is 0. The minimum atomic E-state index is 1.02. The lowest BCUT2D eigenvalue weighted by Crippen LogP contribution is -1.70. The molecule has 0 fully saturated rings. The Morgan fingerprint density at radius 1 is 1.00 bits per heavy atom. The SMILES string of the molecule is CSCSOSCSC. The average molecular weight is 202 g/mol. The van der Waals surface area contributed by atoms with Crippen LogP contribution in [0.3, 0.4) is 0 Å². The lowest BCUT2D eigenvalue weighted by molar-refractivity contribution is 0.767. The van der Waals surface area contributed by atoms with E-state index in [-0.39, 0.29) is 0 Å².